The second-order valence-corrected chi connectivity index (χ2v) is 13.4. The van der Waals surface area contributed by atoms with Crippen LogP contribution in [0.25, 0.3) is 0 Å². The normalized spacial score (nSPS) is 18.7. The van der Waals surface area contributed by atoms with Crippen molar-refractivity contribution in [2.75, 3.05) is 0 Å². The molecule has 4 heterocycles. The molecule has 0 amide bonds. The third-order valence-electron chi connectivity index (χ3n) is 8.57. The van der Waals surface area contributed by atoms with E-state index in [9.17, 15) is 31.1 Å². The lowest BCUT2D eigenvalue weighted by Crippen LogP contribution is -2.52. The fraction of sp³-hybridized carbons (Fsp3) is 0.200. The molecule has 0 fully saturated rings. The maximum atomic E-state index is 13.9. The van der Waals surface area contributed by atoms with Gasteiger partial charge in [-0.05, 0) is 105 Å². The Bertz CT molecular complexity index is 2130. The first-order valence-corrected chi connectivity index (χ1v) is 16.7. The molecule has 0 radical (unpaired) electrons. The minimum Gasteiger partial charge on any atom is -0.354 e. The lowest BCUT2D eigenvalue weighted by molar-refractivity contribution is 0.0663. The maximum absolute atomic E-state index is 13.9. The van der Waals surface area contributed by atoms with Gasteiger partial charge in [-0.15, -0.1) is 0 Å². The Labute approximate surface area is 304 Å². The van der Waals surface area contributed by atoms with Gasteiger partial charge in [0, 0.05) is 41.8 Å². The van der Waals surface area contributed by atoms with Gasteiger partial charge in [-0.2, -0.15) is 17.6 Å². The first-order chi connectivity index (χ1) is 24.1. The van der Waals surface area contributed by atoms with Gasteiger partial charge in [0.15, 0.2) is 0 Å². The molecule has 1 aliphatic rings. The highest BCUT2D eigenvalue weighted by atomic mass is 79.9. The zero-order valence-corrected chi connectivity index (χ0v) is 29.9. The molecule has 3 aromatic heterocycles. The zero-order valence-electron chi connectivity index (χ0n) is 26.8. The van der Waals surface area contributed by atoms with Gasteiger partial charge in [-0.3, -0.25) is 14.4 Å². The Balaban J connectivity index is 0.000000218. The highest BCUT2D eigenvalue weighted by Gasteiger charge is 2.46. The Kier molecular flexibility index (Phi) is 11.2. The maximum Gasteiger partial charge on any atom is 0.321 e. The third-order valence-corrected chi connectivity index (χ3v) is 9.78. The van der Waals surface area contributed by atoms with Crippen LogP contribution in [0.15, 0.2) is 110 Å². The van der Waals surface area contributed by atoms with E-state index in [2.05, 4.69) is 52.1 Å². The number of benzene rings is 2. The smallest absolute Gasteiger partial charge is 0.321 e. The van der Waals surface area contributed by atoms with Gasteiger partial charge in [0.25, 0.3) is 5.56 Å². The number of rotatable bonds is 7. The molecule has 0 bridgehead atoms. The summed E-state index contributed by atoms with van der Waals surface area (Å²) in [5.41, 5.74) is 12.0. The molecule has 8 nitrogen and oxygen atoms in total. The molecule has 0 spiro atoms. The van der Waals surface area contributed by atoms with E-state index in [0.717, 1.165) is 12.3 Å². The molecule has 1 aliphatic heterocycles. The number of hydrogen-bond acceptors (Lipinski definition) is 7. The number of aromatic nitrogens is 3. The number of pyridine rings is 3. The van der Waals surface area contributed by atoms with Crippen LogP contribution < -0.4 is 22.3 Å². The van der Waals surface area contributed by atoms with Gasteiger partial charge >= 0.3 is 6.55 Å². The summed E-state index contributed by atoms with van der Waals surface area (Å²) in [5.74, 6) is -1.87. The molecular formula is C35H29Br2F6N7O. The van der Waals surface area contributed by atoms with Crippen LogP contribution in [0.2, 0.25) is 0 Å². The van der Waals surface area contributed by atoms with E-state index in [4.69, 9.17) is 11.5 Å². The van der Waals surface area contributed by atoms with Gasteiger partial charge < -0.3 is 16.8 Å². The van der Waals surface area contributed by atoms with Crippen LogP contribution in [0.3, 0.4) is 0 Å². The monoisotopic (exact) mass is 835 g/mol. The molecule has 0 saturated carbocycles. The topological polar surface area (TPSA) is 124 Å². The van der Waals surface area contributed by atoms with Crippen LogP contribution in [0.1, 0.15) is 48.2 Å². The third kappa shape index (κ3) is 7.49. The minimum absolute atomic E-state index is 0.216. The van der Waals surface area contributed by atoms with Crippen molar-refractivity contribution in [2.45, 2.75) is 43.6 Å². The number of nitrogens with zero attached hydrogens (tertiary/aromatic N) is 4. The molecule has 6 rings (SSSR count). The Morgan fingerprint density at radius 2 is 1.43 bits per heavy atom. The van der Waals surface area contributed by atoms with Gasteiger partial charge in [-0.1, -0.05) is 24.3 Å². The largest absolute Gasteiger partial charge is 0.354 e. The van der Waals surface area contributed by atoms with Crippen LogP contribution in [-0.4, -0.2) is 32.5 Å². The molecule has 16 heteroatoms. The molecule has 266 valence electrons. The second-order valence-electron chi connectivity index (χ2n) is 11.7. The van der Waals surface area contributed by atoms with Crippen molar-refractivity contribution in [1.29, 1.82) is 0 Å². The van der Waals surface area contributed by atoms with Gasteiger partial charge in [0.05, 0.1) is 20.5 Å². The predicted molar refractivity (Wildman–Crippen MR) is 187 cm³/mol. The summed E-state index contributed by atoms with van der Waals surface area (Å²) in [6, 6.07) is 15.7. The summed E-state index contributed by atoms with van der Waals surface area (Å²) in [6.45, 7) is 0.510. The van der Waals surface area contributed by atoms with E-state index in [0.29, 0.717) is 31.3 Å². The summed E-state index contributed by atoms with van der Waals surface area (Å²) in [5, 5.41) is 3.24. The molecular weight excluding hydrogens is 808 g/mol. The summed E-state index contributed by atoms with van der Waals surface area (Å²) in [6.07, 6.45) is 3.70. The van der Waals surface area contributed by atoms with Crippen molar-refractivity contribution in [3.63, 3.8) is 0 Å². The van der Waals surface area contributed by atoms with Crippen molar-refractivity contribution in [3.05, 3.63) is 162 Å². The van der Waals surface area contributed by atoms with Crippen molar-refractivity contribution < 1.29 is 26.3 Å². The average Bonchev–Trinajstić information content (AvgIpc) is 3.45. The van der Waals surface area contributed by atoms with E-state index < -0.39 is 58.8 Å². The van der Waals surface area contributed by atoms with E-state index in [1.165, 1.54) is 54.9 Å². The zero-order chi connectivity index (χ0) is 37.2. The molecule has 4 atom stereocenters. The van der Waals surface area contributed by atoms with Crippen LogP contribution >= 0.6 is 31.9 Å². The number of amidine groups is 1. The summed E-state index contributed by atoms with van der Waals surface area (Å²) in [4.78, 5) is 23.6. The van der Waals surface area contributed by atoms with Gasteiger partial charge in [0.2, 0.25) is 11.9 Å². The fourth-order valence-electron chi connectivity index (χ4n) is 5.77. The Morgan fingerprint density at radius 1 is 0.843 bits per heavy atom. The number of nitrogens with two attached hydrogens (primary N) is 2. The average molecular weight is 837 g/mol. The molecule has 5 aromatic rings. The first-order valence-electron chi connectivity index (χ1n) is 15.1. The number of aliphatic imine (C=N–C) groups is 1. The van der Waals surface area contributed by atoms with Crippen LogP contribution in [-0.2, 0) is 11.1 Å². The molecule has 51 heavy (non-hydrogen) atoms. The molecule has 0 saturated heterocycles. The van der Waals surface area contributed by atoms with Gasteiger partial charge in [0.1, 0.15) is 23.0 Å². The second kappa shape index (κ2) is 15.1. The van der Waals surface area contributed by atoms with E-state index in [-0.39, 0.29) is 15.9 Å². The lowest BCUT2D eigenvalue weighted by atomic mass is 9.79. The van der Waals surface area contributed by atoms with Crippen molar-refractivity contribution >= 4 is 37.7 Å². The van der Waals surface area contributed by atoms with E-state index >= 15 is 0 Å². The van der Waals surface area contributed by atoms with Crippen LogP contribution in [0.5, 0.6) is 0 Å². The number of nitrogens with one attached hydrogen (secondary N) is 1. The van der Waals surface area contributed by atoms with E-state index in [1.54, 1.807) is 38.1 Å². The summed E-state index contributed by atoms with van der Waals surface area (Å²) < 4.78 is 80.9. The number of hydrogen-bond donors (Lipinski definition) is 3. The number of halogens is 8. The quantitative estimate of drug-likeness (QED) is 0.120. The molecule has 2 aromatic carbocycles. The summed E-state index contributed by atoms with van der Waals surface area (Å²) >= 11 is 6.30. The molecule has 5 N–H and O–H groups in total. The predicted octanol–water partition coefficient (Wildman–Crippen LogP) is 7.03. The summed E-state index contributed by atoms with van der Waals surface area (Å²) in [7, 11) is 0. The first kappa shape index (κ1) is 37.9. The molecule has 0 aliphatic carbocycles. The number of alkyl halides is 2. The van der Waals surface area contributed by atoms with Crippen LogP contribution in [0.4, 0.5) is 26.3 Å². The van der Waals surface area contributed by atoms with Gasteiger partial charge in [-0.25, -0.2) is 18.7 Å². The standard InChI is InChI=1S/C21H15BrF4N4O.C14H14BrF2N3/c1-11-21(14-4-6-17(24)27-9-14,13-3-5-16(23)15(22)8-13)29-19(28-11)12-2-7-18(31)30(10-12)20(25)26;1-8(18)14(19,10-3-5-13(17)20-7-10)9-2-4-12(16)11(15)6-9/h2-11,20H,1H3,(H,28,29);2-8H,18-19H2,1H3/t11-,21-;8-,14-/m00/s1. The SMILES string of the molecule is C[C@@H]1N=C(c2ccc(=O)n(C(F)F)c2)N[C@]1(c1ccc(F)nc1)c1ccc(F)c(Br)c1.C[C@H](N)[C@@](N)(c1ccc(F)nc1)c1ccc(F)c(Br)c1. The highest BCUT2D eigenvalue weighted by Crippen LogP contribution is 2.40. The van der Waals surface area contributed by atoms with Crippen LogP contribution in [0, 0.1) is 23.5 Å². The van der Waals surface area contributed by atoms with Crippen molar-refractivity contribution in [2.24, 2.45) is 16.5 Å². The van der Waals surface area contributed by atoms with Crippen molar-refractivity contribution in [3.8, 4) is 0 Å². The Hall–Kier alpha value is -4.38. The minimum atomic E-state index is -3.01. The van der Waals surface area contributed by atoms with E-state index in [1.807, 2.05) is 0 Å². The highest BCUT2D eigenvalue weighted by molar-refractivity contribution is 9.10. The fourth-order valence-corrected chi connectivity index (χ4v) is 6.52. The molecule has 0 unspecified atom stereocenters. The lowest BCUT2D eigenvalue weighted by Gasteiger charge is -2.35. The van der Waals surface area contributed by atoms with Crippen molar-refractivity contribution in [1.82, 2.24) is 19.9 Å². The Morgan fingerprint density at radius 3 is 1.98 bits per heavy atom.